The van der Waals surface area contributed by atoms with E-state index in [-0.39, 0.29) is 17.2 Å². The molecule has 20 heavy (non-hydrogen) atoms. The van der Waals surface area contributed by atoms with Crippen LogP contribution < -0.4 is 10.5 Å². The summed E-state index contributed by atoms with van der Waals surface area (Å²) >= 11 is 0. The van der Waals surface area contributed by atoms with E-state index in [1.54, 1.807) is 13.0 Å². The molecule has 0 aliphatic rings. The highest BCUT2D eigenvalue weighted by Gasteiger charge is 2.13. The molecular weight excluding hydrogens is 256 g/mol. The molecule has 0 aliphatic heterocycles. The van der Waals surface area contributed by atoms with Gasteiger partial charge in [0.2, 0.25) is 0 Å². The number of nitrogens with two attached hydrogens (primary N) is 1. The molecule has 0 atom stereocenters. The number of para-hydroxylation sites is 1. The van der Waals surface area contributed by atoms with Crippen LogP contribution in [-0.4, -0.2) is 4.92 Å². The number of nitro groups is 1. The fourth-order valence-corrected chi connectivity index (χ4v) is 1.99. The molecule has 0 saturated heterocycles. The maximum Gasteiger partial charge on any atom is 0.272 e. The molecule has 0 spiro atoms. The fourth-order valence-electron chi connectivity index (χ4n) is 1.99. The first-order valence-electron chi connectivity index (χ1n) is 6.27. The Morgan fingerprint density at radius 3 is 2.55 bits per heavy atom. The van der Waals surface area contributed by atoms with Gasteiger partial charge in [0, 0.05) is 23.7 Å². The van der Waals surface area contributed by atoms with E-state index in [9.17, 15) is 10.1 Å². The monoisotopic (exact) mass is 272 g/mol. The zero-order valence-electron chi connectivity index (χ0n) is 11.2. The minimum Gasteiger partial charge on any atom is -0.489 e. The zero-order valence-corrected chi connectivity index (χ0v) is 11.2. The van der Waals surface area contributed by atoms with Crippen molar-refractivity contribution in [2.45, 2.75) is 20.1 Å². The third-order valence-electron chi connectivity index (χ3n) is 3.19. The van der Waals surface area contributed by atoms with Crippen molar-refractivity contribution in [1.82, 2.24) is 0 Å². The first kappa shape index (κ1) is 14.0. The fraction of sp³-hybridized carbons (Fsp3) is 0.200. The van der Waals surface area contributed by atoms with Crippen LogP contribution in [0.2, 0.25) is 0 Å². The molecule has 2 N–H and O–H groups in total. The molecule has 0 heterocycles. The quantitative estimate of drug-likeness (QED) is 0.670. The van der Waals surface area contributed by atoms with Crippen molar-refractivity contribution in [2.75, 3.05) is 0 Å². The maximum absolute atomic E-state index is 10.9. The van der Waals surface area contributed by atoms with Crippen LogP contribution in [0.15, 0.2) is 42.5 Å². The number of nitro benzene ring substituents is 1. The van der Waals surface area contributed by atoms with Crippen molar-refractivity contribution in [3.8, 4) is 5.75 Å². The highest BCUT2D eigenvalue weighted by atomic mass is 16.6. The van der Waals surface area contributed by atoms with Crippen LogP contribution in [-0.2, 0) is 13.2 Å². The van der Waals surface area contributed by atoms with Crippen LogP contribution in [0.25, 0.3) is 0 Å². The summed E-state index contributed by atoms with van der Waals surface area (Å²) in [6, 6.07) is 12.5. The van der Waals surface area contributed by atoms with E-state index >= 15 is 0 Å². The van der Waals surface area contributed by atoms with E-state index in [4.69, 9.17) is 10.5 Å². The number of hydrogen-bond donors (Lipinski definition) is 1. The second kappa shape index (κ2) is 6.16. The number of benzene rings is 2. The number of nitrogens with zero attached hydrogens (tertiary/aromatic N) is 1. The molecule has 2 aromatic rings. The third kappa shape index (κ3) is 2.95. The Bertz CT molecular complexity index is 626. The maximum atomic E-state index is 10.9. The van der Waals surface area contributed by atoms with Gasteiger partial charge in [-0.25, -0.2) is 0 Å². The molecule has 0 bridgehead atoms. The van der Waals surface area contributed by atoms with Gasteiger partial charge in [0.25, 0.3) is 5.69 Å². The van der Waals surface area contributed by atoms with Gasteiger partial charge in [-0.15, -0.1) is 0 Å². The van der Waals surface area contributed by atoms with Crippen molar-refractivity contribution in [3.63, 3.8) is 0 Å². The van der Waals surface area contributed by atoms with Gasteiger partial charge in [-0.1, -0.05) is 30.3 Å². The molecule has 0 saturated carbocycles. The summed E-state index contributed by atoms with van der Waals surface area (Å²) in [6.07, 6.45) is 0. The van der Waals surface area contributed by atoms with Crippen LogP contribution in [0.1, 0.15) is 16.7 Å². The van der Waals surface area contributed by atoms with Crippen molar-refractivity contribution in [1.29, 1.82) is 0 Å². The smallest absolute Gasteiger partial charge is 0.272 e. The first-order chi connectivity index (χ1) is 9.63. The average Bonchev–Trinajstić information content (AvgIpc) is 2.46. The van der Waals surface area contributed by atoms with Gasteiger partial charge in [0.1, 0.15) is 12.4 Å². The lowest BCUT2D eigenvalue weighted by Crippen LogP contribution is -2.04. The van der Waals surface area contributed by atoms with Crippen LogP contribution in [0.5, 0.6) is 5.75 Å². The predicted molar refractivity (Wildman–Crippen MR) is 76.5 cm³/mol. The van der Waals surface area contributed by atoms with E-state index < -0.39 is 0 Å². The minimum absolute atomic E-state index is 0.109. The second-order valence-corrected chi connectivity index (χ2v) is 4.42. The molecule has 5 heteroatoms. The Morgan fingerprint density at radius 2 is 1.85 bits per heavy atom. The summed E-state index contributed by atoms with van der Waals surface area (Å²) in [4.78, 5) is 10.5. The van der Waals surface area contributed by atoms with Crippen molar-refractivity contribution in [3.05, 3.63) is 69.3 Å². The van der Waals surface area contributed by atoms with Gasteiger partial charge in [-0.2, -0.15) is 0 Å². The van der Waals surface area contributed by atoms with Gasteiger partial charge >= 0.3 is 0 Å². The van der Waals surface area contributed by atoms with Gasteiger partial charge < -0.3 is 10.5 Å². The van der Waals surface area contributed by atoms with E-state index in [0.29, 0.717) is 17.9 Å². The lowest BCUT2D eigenvalue weighted by atomic mass is 10.1. The van der Waals surface area contributed by atoms with Gasteiger partial charge in [-0.3, -0.25) is 10.1 Å². The second-order valence-electron chi connectivity index (χ2n) is 4.42. The number of rotatable bonds is 5. The summed E-state index contributed by atoms with van der Waals surface area (Å²) in [7, 11) is 0. The lowest BCUT2D eigenvalue weighted by Gasteiger charge is -2.11. The highest BCUT2D eigenvalue weighted by molar-refractivity contribution is 5.44. The van der Waals surface area contributed by atoms with Crippen LogP contribution in [0.4, 0.5) is 5.69 Å². The predicted octanol–water partition coefficient (Wildman–Crippen LogP) is 2.94. The van der Waals surface area contributed by atoms with Crippen LogP contribution in [0, 0.1) is 17.0 Å². The molecule has 0 aliphatic carbocycles. The Kier molecular flexibility index (Phi) is 4.32. The molecule has 0 radical (unpaired) electrons. The molecule has 2 aromatic carbocycles. The summed E-state index contributed by atoms with van der Waals surface area (Å²) in [5.41, 5.74) is 8.09. The molecule has 0 amide bonds. The number of hydrogen-bond acceptors (Lipinski definition) is 4. The minimum atomic E-state index is -0.382. The Hall–Kier alpha value is -2.40. The molecule has 0 fully saturated rings. The normalized spacial score (nSPS) is 10.3. The van der Waals surface area contributed by atoms with Crippen molar-refractivity contribution >= 4 is 5.69 Å². The van der Waals surface area contributed by atoms with E-state index in [1.807, 2.05) is 30.3 Å². The van der Waals surface area contributed by atoms with E-state index in [2.05, 4.69) is 0 Å². The molecule has 0 aromatic heterocycles. The summed E-state index contributed by atoms with van der Waals surface area (Å²) in [5.74, 6) is 0.709. The summed E-state index contributed by atoms with van der Waals surface area (Å²) < 4.78 is 5.73. The zero-order chi connectivity index (χ0) is 14.5. The summed E-state index contributed by atoms with van der Waals surface area (Å²) in [5, 5.41) is 10.9. The molecule has 0 unspecified atom stereocenters. The molecular formula is C15H16N2O3. The summed E-state index contributed by atoms with van der Waals surface area (Å²) in [6.45, 7) is 2.40. The van der Waals surface area contributed by atoms with Crippen molar-refractivity contribution < 1.29 is 9.66 Å². The molecule has 2 rings (SSSR count). The highest BCUT2D eigenvalue weighted by Crippen LogP contribution is 2.24. The third-order valence-corrected chi connectivity index (χ3v) is 3.19. The average molecular weight is 272 g/mol. The standard InChI is InChI=1S/C15H16N2O3/c1-11-13(6-4-7-14(11)17(18)19)10-20-15-8-3-2-5-12(15)9-16/h2-8H,9-10,16H2,1H3. The Balaban J connectivity index is 2.19. The van der Waals surface area contributed by atoms with Crippen LogP contribution >= 0.6 is 0 Å². The van der Waals surface area contributed by atoms with Gasteiger partial charge in [0.05, 0.1) is 4.92 Å². The largest absolute Gasteiger partial charge is 0.489 e. The molecule has 104 valence electrons. The van der Waals surface area contributed by atoms with Crippen molar-refractivity contribution in [2.24, 2.45) is 5.73 Å². The lowest BCUT2D eigenvalue weighted by molar-refractivity contribution is -0.385. The first-order valence-corrected chi connectivity index (χ1v) is 6.27. The Morgan fingerprint density at radius 1 is 1.15 bits per heavy atom. The SMILES string of the molecule is Cc1c(COc2ccccc2CN)cccc1[N+](=O)[O-]. The van der Waals surface area contributed by atoms with Crippen LogP contribution in [0.3, 0.4) is 0 Å². The van der Waals surface area contributed by atoms with E-state index in [0.717, 1.165) is 11.1 Å². The Labute approximate surface area is 117 Å². The van der Waals surface area contributed by atoms with Gasteiger partial charge in [-0.05, 0) is 18.6 Å². The molecule has 5 nitrogen and oxygen atoms in total. The van der Waals surface area contributed by atoms with Gasteiger partial charge in [0.15, 0.2) is 0 Å². The topological polar surface area (TPSA) is 78.4 Å². The number of ether oxygens (including phenoxy) is 1. The van der Waals surface area contributed by atoms with E-state index in [1.165, 1.54) is 6.07 Å².